The van der Waals surface area contributed by atoms with E-state index < -0.39 is 0 Å². The van der Waals surface area contributed by atoms with Crippen LogP contribution in [-0.4, -0.2) is 0 Å². The Labute approximate surface area is 193 Å². The van der Waals surface area contributed by atoms with Gasteiger partial charge in [0.25, 0.3) is 0 Å². The predicted molar refractivity (Wildman–Crippen MR) is 137 cm³/mol. The summed E-state index contributed by atoms with van der Waals surface area (Å²) in [6.45, 7) is 4.57. The first-order valence-corrected chi connectivity index (χ1v) is 13.3. The highest BCUT2D eigenvalue weighted by Gasteiger charge is 2.02. The molecule has 0 amide bonds. The molecular weight excluding hydrogens is 372 g/mol. The molecule has 2 rings (SSSR count). The first-order chi connectivity index (χ1) is 15.3. The van der Waals surface area contributed by atoms with Crippen molar-refractivity contribution in [1.29, 1.82) is 0 Å². The predicted octanol–water partition coefficient (Wildman–Crippen LogP) is 9.46. The fourth-order valence-corrected chi connectivity index (χ4v) is 4.43. The Balaban J connectivity index is 1.71. The molecule has 0 aromatic heterocycles. The van der Waals surface area contributed by atoms with Gasteiger partial charge in [-0.25, -0.2) is 0 Å². The number of benzene rings is 2. The molecule has 0 aliphatic rings. The minimum absolute atomic E-state index is 0.954. The molecular formula is C31H46. The average Bonchev–Trinajstić information content (AvgIpc) is 2.78. The first kappa shape index (κ1) is 25.7. The zero-order valence-corrected chi connectivity index (χ0v) is 20.5. The molecule has 0 atom stereocenters. The molecule has 0 nitrogen and oxygen atoms in total. The zero-order chi connectivity index (χ0) is 22.0. The Morgan fingerprint density at radius 3 is 1.32 bits per heavy atom. The summed E-state index contributed by atoms with van der Waals surface area (Å²) in [5.41, 5.74) is 5.57. The summed E-state index contributed by atoms with van der Waals surface area (Å²) < 4.78 is 0. The average molecular weight is 419 g/mol. The molecule has 0 saturated heterocycles. The molecule has 2 aromatic carbocycles. The molecule has 0 heterocycles. The van der Waals surface area contributed by atoms with Crippen LogP contribution in [0.2, 0.25) is 0 Å². The topological polar surface area (TPSA) is 0 Å². The van der Waals surface area contributed by atoms with Gasteiger partial charge in [0.15, 0.2) is 0 Å². The van der Waals surface area contributed by atoms with Gasteiger partial charge in [0, 0.05) is 0 Å². The molecule has 0 fully saturated rings. The molecule has 0 bridgehead atoms. The van der Waals surface area contributed by atoms with E-state index in [0.29, 0.717) is 0 Å². The maximum Gasteiger partial charge on any atom is -0.00133 e. The maximum atomic E-state index is 3.46. The lowest BCUT2D eigenvalue weighted by molar-refractivity contribution is 0.589. The highest BCUT2D eigenvalue weighted by Crippen LogP contribution is 2.17. The van der Waals surface area contributed by atoms with Crippen molar-refractivity contribution in [2.45, 2.75) is 123 Å². The van der Waals surface area contributed by atoms with Crippen molar-refractivity contribution in [1.82, 2.24) is 0 Å². The normalized spacial score (nSPS) is 11.2. The van der Waals surface area contributed by atoms with Gasteiger partial charge in [-0.15, -0.1) is 0 Å². The SMILES string of the molecule is CCCCCCCCCc1cc[c]c(Cc2[c]ccc(CCCCCCCCC)c2)c1. The van der Waals surface area contributed by atoms with Gasteiger partial charge < -0.3 is 0 Å². The van der Waals surface area contributed by atoms with Gasteiger partial charge in [0.1, 0.15) is 0 Å². The Morgan fingerprint density at radius 2 is 0.903 bits per heavy atom. The third-order valence-electron chi connectivity index (χ3n) is 6.37. The van der Waals surface area contributed by atoms with Crippen LogP contribution in [0.15, 0.2) is 36.4 Å². The van der Waals surface area contributed by atoms with Crippen molar-refractivity contribution in [3.05, 3.63) is 70.8 Å². The molecule has 0 heteroatoms. The van der Waals surface area contributed by atoms with Gasteiger partial charge in [-0.1, -0.05) is 127 Å². The van der Waals surface area contributed by atoms with Crippen molar-refractivity contribution in [3.8, 4) is 0 Å². The van der Waals surface area contributed by atoms with Gasteiger partial charge in [0.2, 0.25) is 0 Å². The van der Waals surface area contributed by atoms with Crippen LogP contribution in [0.25, 0.3) is 0 Å². The second kappa shape index (κ2) is 17.0. The summed E-state index contributed by atoms with van der Waals surface area (Å²) in [4.78, 5) is 0. The number of hydrogen-bond acceptors (Lipinski definition) is 0. The molecule has 0 aliphatic heterocycles. The van der Waals surface area contributed by atoms with E-state index in [1.165, 1.54) is 125 Å². The van der Waals surface area contributed by atoms with Crippen molar-refractivity contribution in [2.24, 2.45) is 0 Å². The summed E-state index contributed by atoms with van der Waals surface area (Å²) >= 11 is 0. The Kier molecular flexibility index (Phi) is 14.1. The van der Waals surface area contributed by atoms with E-state index in [9.17, 15) is 0 Å². The lowest BCUT2D eigenvalue weighted by atomic mass is 9.97. The quantitative estimate of drug-likeness (QED) is 0.211. The van der Waals surface area contributed by atoms with Gasteiger partial charge >= 0.3 is 0 Å². The smallest absolute Gasteiger partial charge is 0.00133 e. The Bertz CT molecular complexity index is 624. The van der Waals surface area contributed by atoms with E-state index in [4.69, 9.17) is 0 Å². The van der Waals surface area contributed by atoms with E-state index in [0.717, 1.165) is 6.42 Å². The standard InChI is InChI=1S/C31H46/c1-3-5-7-9-11-13-15-19-28-21-17-23-30(25-28)27-31-24-18-22-29(26-31)20-16-14-12-10-8-6-4-2/h17-18,21-22,25-26H,3-16,19-20,27H2,1-2H3. The van der Waals surface area contributed by atoms with Crippen LogP contribution >= 0.6 is 0 Å². The number of unbranched alkanes of at least 4 members (excludes halogenated alkanes) is 12. The largest absolute Gasteiger partial charge is 0.0654 e. The van der Waals surface area contributed by atoms with E-state index >= 15 is 0 Å². The monoisotopic (exact) mass is 418 g/mol. The van der Waals surface area contributed by atoms with Gasteiger partial charge in [-0.2, -0.15) is 0 Å². The van der Waals surface area contributed by atoms with Crippen molar-refractivity contribution in [3.63, 3.8) is 0 Å². The Morgan fingerprint density at radius 1 is 0.516 bits per heavy atom. The lowest BCUT2D eigenvalue weighted by Crippen LogP contribution is -1.94. The highest BCUT2D eigenvalue weighted by molar-refractivity contribution is 5.30. The van der Waals surface area contributed by atoms with Crippen molar-refractivity contribution >= 4 is 0 Å². The summed E-state index contributed by atoms with van der Waals surface area (Å²) in [5, 5.41) is 0. The molecule has 170 valence electrons. The molecule has 0 unspecified atom stereocenters. The third kappa shape index (κ3) is 12.2. The number of hydrogen-bond donors (Lipinski definition) is 0. The summed E-state index contributed by atoms with van der Waals surface area (Å²) in [7, 11) is 0. The second-order valence-corrected chi connectivity index (χ2v) is 9.36. The first-order valence-electron chi connectivity index (χ1n) is 13.3. The van der Waals surface area contributed by atoms with Crippen LogP contribution in [-0.2, 0) is 19.3 Å². The van der Waals surface area contributed by atoms with Crippen molar-refractivity contribution < 1.29 is 0 Å². The Hall–Kier alpha value is -1.56. The van der Waals surface area contributed by atoms with Crippen LogP contribution < -0.4 is 0 Å². The van der Waals surface area contributed by atoms with Crippen molar-refractivity contribution in [2.75, 3.05) is 0 Å². The van der Waals surface area contributed by atoms with E-state index in [-0.39, 0.29) is 0 Å². The molecule has 0 N–H and O–H groups in total. The maximum absolute atomic E-state index is 3.46. The van der Waals surface area contributed by atoms with Gasteiger partial charge in [0.05, 0.1) is 0 Å². The molecule has 0 spiro atoms. The van der Waals surface area contributed by atoms with Crippen LogP contribution in [0, 0.1) is 12.1 Å². The van der Waals surface area contributed by atoms with E-state index in [2.05, 4.69) is 62.4 Å². The van der Waals surface area contributed by atoms with E-state index in [1.54, 1.807) is 0 Å². The van der Waals surface area contributed by atoms with Gasteiger partial charge in [-0.05, 0) is 66.5 Å². The summed E-state index contributed by atoms with van der Waals surface area (Å²) in [6, 6.07) is 20.4. The minimum atomic E-state index is 0.954. The molecule has 2 aromatic rings. The second-order valence-electron chi connectivity index (χ2n) is 9.36. The van der Waals surface area contributed by atoms with Crippen LogP contribution in [0.3, 0.4) is 0 Å². The summed E-state index contributed by atoms with van der Waals surface area (Å²) in [5.74, 6) is 0. The molecule has 31 heavy (non-hydrogen) atoms. The molecule has 0 aliphatic carbocycles. The third-order valence-corrected chi connectivity index (χ3v) is 6.37. The fourth-order valence-electron chi connectivity index (χ4n) is 4.43. The summed E-state index contributed by atoms with van der Waals surface area (Å²) in [6.07, 6.45) is 22.6. The van der Waals surface area contributed by atoms with Crippen LogP contribution in [0.4, 0.5) is 0 Å². The van der Waals surface area contributed by atoms with E-state index in [1.807, 2.05) is 0 Å². The fraction of sp³-hybridized carbons (Fsp3) is 0.613. The molecule has 2 radical (unpaired) electrons. The highest BCUT2D eigenvalue weighted by atomic mass is 14.1. The molecule has 0 saturated carbocycles. The number of rotatable bonds is 18. The van der Waals surface area contributed by atoms with Gasteiger partial charge in [-0.3, -0.25) is 0 Å². The minimum Gasteiger partial charge on any atom is -0.0654 e. The van der Waals surface area contributed by atoms with Crippen LogP contribution in [0.1, 0.15) is 126 Å². The number of aryl methyl sites for hydroxylation is 2. The zero-order valence-electron chi connectivity index (χ0n) is 20.5. The van der Waals surface area contributed by atoms with Crippen LogP contribution in [0.5, 0.6) is 0 Å². The lowest BCUT2D eigenvalue weighted by Gasteiger charge is -2.08.